The first-order valence-corrected chi connectivity index (χ1v) is 6.94. The lowest BCUT2D eigenvalue weighted by Gasteiger charge is -2.32. The summed E-state index contributed by atoms with van der Waals surface area (Å²) >= 11 is 0. The van der Waals surface area contributed by atoms with E-state index in [-0.39, 0.29) is 23.5 Å². The van der Waals surface area contributed by atoms with Crippen LogP contribution in [0.3, 0.4) is 0 Å². The molecular formula is C13H21N3O4. The molecule has 0 bridgehead atoms. The number of rotatable bonds is 4. The second-order valence-electron chi connectivity index (χ2n) is 4.87. The normalized spacial score (nSPS) is 22.4. The molecular weight excluding hydrogens is 262 g/mol. The monoisotopic (exact) mass is 283 g/mol. The van der Waals surface area contributed by atoms with Gasteiger partial charge in [0.2, 0.25) is 11.7 Å². The van der Waals surface area contributed by atoms with E-state index in [9.17, 15) is 9.59 Å². The third kappa shape index (κ3) is 3.63. The molecule has 2 aliphatic rings. The van der Waals surface area contributed by atoms with Crippen molar-refractivity contribution in [3.63, 3.8) is 0 Å². The van der Waals surface area contributed by atoms with E-state index in [2.05, 4.69) is 5.32 Å². The van der Waals surface area contributed by atoms with E-state index in [1.807, 2.05) is 0 Å². The van der Waals surface area contributed by atoms with E-state index in [1.165, 1.54) is 6.26 Å². The van der Waals surface area contributed by atoms with Crippen LogP contribution < -0.4 is 11.1 Å². The Morgan fingerprint density at radius 2 is 2.30 bits per heavy atom. The molecule has 1 fully saturated rings. The predicted octanol–water partition coefficient (Wildman–Crippen LogP) is -0.812. The molecule has 1 atom stereocenters. The van der Waals surface area contributed by atoms with Gasteiger partial charge in [-0.05, 0) is 12.8 Å². The largest absolute Gasteiger partial charge is 0.494 e. The van der Waals surface area contributed by atoms with Gasteiger partial charge in [-0.25, -0.2) is 0 Å². The Morgan fingerprint density at radius 3 is 3.00 bits per heavy atom. The van der Waals surface area contributed by atoms with Crippen molar-refractivity contribution in [3.8, 4) is 0 Å². The SMILES string of the molecule is NCCNC(=O)C1CCCN(C(=O)C2=COCCO2)C1. The zero-order valence-electron chi connectivity index (χ0n) is 11.5. The van der Waals surface area contributed by atoms with Crippen molar-refractivity contribution in [2.45, 2.75) is 12.8 Å². The third-order valence-corrected chi connectivity index (χ3v) is 3.38. The van der Waals surface area contributed by atoms with Crippen molar-refractivity contribution in [1.29, 1.82) is 0 Å². The number of nitrogens with one attached hydrogen (secondary N) is 1. The van der Waals surface area contributed by atoms with E-state index in [0.717, 1.165) is 12.8 Å². The summed E-state index contributed by atoms with van der Waals surface area (Å²) in [5.41, 5.74) is 5.36. The summed E-state index contributed by atoms with van der Waals surface area (Å²) in [4.78, 5) is 25.8. The molecule has 2 heterocycles. The van der Waals surface area contributed by atoms with Crippen LogP contribution in [0.25, 0.3) is 0 Å². The van der Waals surface area contributed by atoms with Crippen molar-refractivity contribution >= 4 is 11.8 Å². The predicted molar refractivity (Wildman–Crippen MR) is 71.4 cm³/mol. The van der Waals surface area contributed by atoms with E-state index in [4.69, 9.17) is 15.2 Å². The number of likely N-dealkylation sites (tertiary alicyclic amines) is 1. The fraction of sp³-hybridized carbons (Fsp3) is 0.692. The summed E-state index contributed by atoms with van der Waals surface area (Å²) in [6.45, 7) is 2.77. The van der Waals surface area contributed by atoms with Gasteiger partial charge in [0.15, 0.2) is 0 Å². The zero-order chi connectivity index (χ0) is 14.4. The van der Waals surface area contributed by atoms with Crippen LogP contribution in [0.15, 0.2) is 12.0 Å². The smallest absolute Gasteiger partial charge is 0.292 e. The molecule has 0 spiro atoms. The van der Waals surface area contributed by atoms with Crippen LogP contribution >= 0.6 is 0 Å². The number of carbonyl (C=O) groups excluding carboxylic acids is 2. The van der Waals surface area contributed by atoms with Crippen LogP contribution in [0.5, 0.6) is 0 Å². The molecule has 3 N–H and O–H groups in total. The molecule has 0 aromatic heterocycles. The molecule has 2 aliphatic heterocycles. The van der Waals surface area contributed by atoms with E-state index < -0.39 is 0 Å². The zero-order valence-corrected chi connectivity index (χ0v) is 11.5. The Labute approximate surface area is 118 Å². The summed E-state index contributed by atoms with van der Waals surface area (Å²) in [6.07, 6.45) is 2.95. The molecule has 20 heavy (non-hydrogen) atoms. The number of carbonyl (C=O) groups is 2. The van der Waals surface area contributed by atoms with Crippen LogP contribution in [-0.2, 0) is 19.1 Å². The average molecular weight is 283 g/mol. The van der Waals surface area contributed by atoms with Crippen molar-refractivity contribution in [2.75, 3.05) is 39.4 Å². The van der Waals surface area contributed by atoms with Gasteiger partial charge in [-0.2, -0.15) is 0 Å². The molecule has 7 heteroatoms. The molecule has 1 unspecified atom stereocenters. The van der Waals surface area contributed by atoms with Crippen molar-refractivity contribution in [3.05, 3.63) is 12.0 Å². The summed E-state index contributed by atoms with van der Waals surface area (Å²) < 4.78 is 10.4. The quantitative estimate of drug-likeness (QED) is 0.703. The Morgan fingerprint density at radius 1 is 1.45 bits per heavy atom. The van der Waals surface area contributed by atoms with Gasteiger partial charge in [-0.15, -0.1) is 0 Å². The summed E-state index contributed by atoms with van der Waals surface area (Å²) in [5, 5.41) is 2.77. The highest BCUT2D eigenvalue weighted by Gasteiger charge is 2.30. The van der Waals surface area contributed by atoms with Gasteiger partial charge in [-0.1, -0.05) is 0 Å². The minimum atomic E-state index is -0.207. The molecule has 0 saturated carbocycles. The highest BCUT2D eigenvalue weighted by Crippen LogP contribution is 2.19. The second kappa shape index (κ2) is 7.14. The van der Waals surface area contributed by atoms with Crippen LogP contribution in [0.1, 0.15) is 12.8 Å². The van der Waals surface area contributed by atoms with Gasteiger partial charge < -0.3 is 25.4 Å². The first-order chi connectivity index (χ1) is 9.72. The fourth-order valence-electron chi connectivity index (χ4n) is 2.35. The third-order valence-electron chi connectivity index (χ3n) is 3.38. The molecule has 1 saturated heterocycles. The Bertz CT molecular complexity index is 397. The van der Waals surface area contributed by atoms with Gasteiger partial charge in [0.25, 0.3) is 5.91 Å². The Hall–Kier alpha value is -1.76. The summed E-state index contributed by atoms with van der Waals surface area (Å²) in [6, 6.07) is 0. The van der Waals surface area contributed by atoms with Gasteiger partial charge in [0.05, 0.1) is 5.92 Å². The molecule has 2 amide bonds. The Kier molecular flexibility index (Phi) is 5.23. The molecule has 0 radical (unpaired) electrons. The van der Waals surface area contributed by atoms with Gasteiger partial charge >= 0.3 is 0 Å². The first-order valence-electron chi connectivity index (χ1n) is 6.94. The number of nitrogens with two attached hydrogens (primary N) is 1. The maximum absolute atomic E-state index is 12.2. The van der Waals surface area contributed by atoms with E-state index >= 15 is 0 Å². The standard InChI is InChI=1S/C13H21N3O4/c14-3-4-15-12(17)10-2-1-5-16(8-10)13(18)11-9-19-6-7-20-11/h9-10H,1-8,14H2,(H,15,17). The van der Waals surface area contributed by atoms with Gasteiger partial charge in [-0.3, -0.25) is 9.59 Å². The lowest BCUT2D eigenvalue weighted by Crippen LogP contribution is -2.47. The van der Waals surface area contributed by atoms with Crippen LogP contribution in [0.4, 0.5) is 0 Å². The van der Waals surface area contributed by atoms with Crippen LogP contribution in [0, 0.1) is 5.92 Å². The molecule has 0 aliphatic carbocycles. The molecule has 0 aromatic rings. The average Bonchev–Trinajstić information content (AvgIpc) is 2.52. The highest BCUT2D eigenvalue weighted by molar-refractivity contribution is 5.92. The summed E-state index contributed by atoms with van der Waals surface area (Å²) in [5.74, 6) is -0.201. The Balaban J connectivity index is 1.91. The molecule has 0 aromatic carbocycles. The van der Waals surface area contributed by atoms with Crippen LogP contribution in [-0.4, -0.2) is 56.1 Å². The lowest BCUT2D eigenvalue weighted by atomic mass is 9.97. The van der Waals surface area contributed by atoms with Gasteiger partial charge in [0, 0.05) is 26.2 Å². The van der Waals surface area contributed by atoms with E-state index in [1.54, 1.807) is 4.90 Å². The first kappa shape index (κ1) is 14.6. The number of piperidine rings is 1. The lowest BCUT2D eigenvalue weighted by molar-refractivity contribution is -0.136. The number of ether oxygens (including phenoxy) is 2. The van der Waals surface area contributed by atoms with Crippen molar-refractivity contribution in [2.24, 2.45) is 11.7 Å². The second-order valence-corrected chi connectivity index (χ2v) is 4.87. The highest BCUT2D eigenvalue weighted by atomic mass is 16.6. The van der Waals surface area contributed by atoms with Crippen molar-refractivity contribution < 1.29 is 19.1 Å². The molecule has 112 valence electrons. The van der Waals surface area contributed by atoms with E-state index in [0.29, 0.717) is 39.4 Å². The minimum Gasteiger partial charge on any atom is -0.494 e. The molecule has 7 nitrogen and oxygen atoms in total. The molecule has 2 rings (SSSR count). The fourth-order valence-corrected chi connectivity index (χ4v) is 2.35. The van der Waals surface area contributed by atoms with Crippen LogP contribution in [0.2, 0.25) is 0 Å². The number of nitrogens with zero attached hydrogens (tertiary/aromatic N) is 1. The number of hydrogen-bond acceptors (Lipinski definition) is 5. The van der Waals surface area contributed by atoms with Gasteiger partial charge in [0.1, 0.15) is 19.5 Å². The van der Waals surface area contributed by atoms with Crippen molar-refractivity contribution in [1.82, 2.24) is 10.2 Å². The minimum absolute atomic E-state index is 0.0391. The number of amides is 2. The maximum Gasteiger partial charge on any atom is 0.292 e. The maximum atomic E-state index is 12.2. The topological polar surface area (TPSA) is 93.9 Å². The summed E-state index contributed by atoms with van der Waals surface area (Å²) in [7, 11) is 0. The number of hydrogen-bond donors (Lipinski definition) is 2.